The van der Waals surface area contributed by atoms with E-state index < -0.39 is 11.9 Å². The maximum Gasteiger partial charge on any atom is 0.363 e. The summed E-state index contributed by atoms with van der Waals surface area (Å²) in [5.74, 6) is -1.23. The first kappa shape index (κ1) is 20.1. The second kappa shape index (κ2) is 8.92. The highest BCUT2D eigenvalue weighted by atomic mass is 35.5. The molecule has 1 N–H and O–H groups in total. The van der Waals surface area contributed by atoms with Crippen LogP contribution in [0.4, 0.5) is 5.69 Å². The maximum absolute atomic E-state index is 12.3. The lowest BCUT2D eigenvalue weighted by Crippen LogP contribution is -2.28. The number of carbonyl (C=O) groups excluding carboxylic acids is 2. The molecule has 0 heterocycles. The van der Waals surface area contributed by atoms with Gasteiger partial charge in [-0.25, -0.2) is 4.79 Å². The lowest BCUT2D eigenvalue weighted by Gasteiger charge is -2.22. The Morgan fingerprint density at radius 1 is 1.04 bits per heavy atom. The number of amides is 1. The van der Waals surface area contributed by atoms with Gasteiger partial charge < -0.3 is 9.74 Å². The van der Waals surface area contributed by atoms with E-state index in [1.165, 1.54) is 18.2 Å². The molecule has 7 heteroatoms. The van der Waals surface area contributed by atoms with Crippen molar-refractivity contribution in [3.05, 3.63) is 63.1 Å². The van der Waals surface area contributed by atoms with Crippen molar-refractivity contribution in [2.24, 2.45) is 0 Å². The summed E-state index contributed by atoms with van der Waals surface area (Å²) in [5.41, 5.74) is 4.62. The van der Waals surface area contributed by atoms with Crippen molar-refractivity contribution in [1.82, 2.24) is 5.48 Å². The van der Waals surface area contributed by atoms with Crippen molar-refractivity contribution in [2.75, 3.05) is 18.0 Å². The average Bonchev–Trinajstić information content (AvgIpc) is 2.63. The molecule has 0 aliphatic heterocycles. The van der Waals surface area contributed by atoms with E-state index in [9.17, 15) is 9.59 Å². The number of anilines is 1. The lowest BCUT2D eigenvalue weighted by molar-refractivity contribution is 0.0230. The fourth-order valence-corrected chi connectivity index (χ4v) is 2.82. The zero-order valence-electron chi connectivity index (χ0n) is 14.8. The summed E-state index contributed by atoms with van der Waals surface area (Å²) in [6, 6.07) is 9.84. The fourth-order valence-electron chi connectivity index (χ4n) is 2.52. The molecule has 26 heavy (non-hydrogen) atoms. The topological polar surface area (TPSA) is 58.6 Å². The highest BCUT2D eigenvalue weighted by Crippen LogP contribution is 2.23. The van der Waals surface area contributed by atoms with Crippen LogP contribution in [0.2, 0.25) is 10.0 Å². The predicted molar refractivity (Wildman–Crippen MR) is 104 cm³/mol. The van der Waals surface area contributed by atoms with Gasteiger partial charge in [0.15, 0.2) is 0 Å². The molecule has 0 bridgehead atoms. The van der Waals surface area contributed by atoms with Gasteiger partial charge in [-0.3, -0.25) is 4.79 Å². The minimum atomic E-state index is -0.727. The number of halogens is 2. The molecule has 0 saturated heterocycles. The first-order valence-electron chi connectivity index (χ1n) is 8.19. The van der Waals surface area contributed by atoms with Gasteiger partial charge in [0.05, 0.1) is 15.6 Å². The minimum Gasteiger partial charge on any atom is -0.372 e. The molecule has 0 atom stereocenters. The zero-order chi connectivity index (χ0) is 19.3. The molecular formula is C19H20Cl2N2O3. The van der Waals surface area contributed by atoms with Crippen LogP contribution in [0.25, 0.3) is 0 Å². The number of hydrogen-bond donors (Lipinski definition) is 1. The van der Waals surface area contributed by atoms with Crippen molar-refractivity contribution in [3.8, 4) is 0 Å². The van der Waals surface area contributed by atoms with E-state index in [1.54, 1.807) is 6.07 Å². The van der Waals surface area contributed by atoms with Crippen LogP contribution in [0, 0.1) is 6.92 Å². The molecule has 1 amide bonds. The Morgan fingerprint density at radius 3 is 2.31 bits per heavy atom. The monoisotopic (exact) mass is 394 g/mol. The van der Waals surface area contributed by atoms with Gasteiger partial charge in [0.2, 0.25) is 0 Å². The first-order valence-corrected chi connectivity index (χ1v) is 8.95. The summed E-state index contributed by atoms with van der Waals surface area (Å²) in [7, 11) is 0. The van der Waals surface area contributed by atoms with Crippen molar-refractivity contribution in [1.29, 1.82) is 0 Å². The van der Waals surface area contributed by atoms with E-state index in [0.717, 1.165) is 24.3 Å². The van der Waals surface area contributed by atoms with Crippen LogP contribution in [-0.4, -0.2) is 25.0 Å². The standard InChI is InChI=1S/C19H20Cl2N2O3/c1-4-23(5-2)14-7-8-15(12(3)10-14)18(24)22-26-19(25)13-6-9-16(20)17(21)11-13/h6-11H,4-5H2,1-3H3,(H,22,24). The number of nitrogens with zero attached hydrogens (tertiary/aromatic N) is 1. The Balaban J connectivity index is 2.05. The first-order chi connectivity index (χ1) is 12.4. The highest BCUT2D eigenvalue weighted by Gasteiger charge is 2.15. The average molecular weight is 395 g/mol. The number of rotatable bonds is 5. The van der Waals surface area contributed by atoms with Gasteiger partial charge in [-0.1, -0.05) is 23.2 Å². The Labute approximate surface area is 162 Å². The zero-order valence-corrected chi connectivity index (χ0v) is 16.3. The van der Waals surface area contributed by atoms with E-state index in [-0.39, 0.29) is 10.6 Å². The van der Waals surface area contributed by atoms with E-state index in [2.05, 4.69) is 24.2 Å². The minimum absolute atomic E-state index is 0.188. The van der Waals surface area contributed by atoms with Gasteiger partial charge in [0.25, 0.3) is 5.91 Å². The third-order valence-corrected chi connectivity index (χ3v) is 4.71. The Morgan fingerprint density at radius 2 is 1.73 bits per heavy atom. The van der Waals surface area contributed by atoms with Gasteiger partial charge in [-0.15, -0.1) is 0 Å². The molecule has 2 rings (SSSR count). The Kier molecular flexibility index (Phi) is 6.89. The van der Waals surface area contributed by atoms with Crippen LogP contribution >= 0.6 is 23.2 Å². The van der Waals surface area contributed by atoms with E-state index in [1.807, 2.05) is 19.1 Å². The number of benzene rings is 2. The predicted octanol–water partition coefficient (Wildman–Crippen LogP) is 4.65. The molecule has 0 radical (unpaired) electrons. The van der Waals surface area contributed by atoms with Crippen LogP contribution in [-0.2, 0) is 4.84 Å². The molecule has 0 fully saturated rings. The quantitative estimate of drug-likeness (QED) is 0.749. The van der Waals surface area contributed by atoms with Gasteiger partial charge in [0.1, 0.15) is 0 Å². The highest BCUT2D eigenvalue weighted by molar-refractivity contribution is 6.42. The largest absolute Gasteiger partial charge is 0.372 e. The number of hydroxylamine groups is 1. The maximum atomic E-state index is 12.3. The van der Waals surface area contributed by atoms with Gasteiger partial charge in [-0.2, -0.15) is 5.48 Å². The van der Waals surface area contributed by atoms with E-state index >= 15 is 0 Å². The molecule has 0 unspecified atom stereocenters. The molecule has 0 aliphatic carbocycles. The number of hydrogen-bond acceptors (Lipinski definition) is 4. The molecule has 0 aromatic heterocycles. The molecule has 2 aromatic carbocycles. The third-order valence-electron chi connectivity index (χ3n) is 3.97. The van der Waals surface area contributed by atoms with Crippen molar-refractivity contribution >= 4 is 40.8 Å². The number of carbonyl (C=O) groups is 2. The van der Waals surface area contributed by atoms with Crippen LogP contribution < -0.4 is 10.4 Å². The molecule has 2 aromatic rings. The second-order valence-electron chi connectivity index (χ2n) is 5.62. The summed E-state index contributed by atoms with van der Waals surface area (Å²) in [5, 5.41) is 0.562. The second-order valence-corrected chi connectivity index (χ2v) is 6.44. The summed E-state index contributed by atoms with van der Waals surface area (Å²) in [6.07, 6.45) is 0. The molecule has 138 valence electrons. The van der Waals surface area contributed by atoms with Crippen LogP contribution in [0.3, 0.4) is 0 Å². The van der Waals surface area contributed by atoms with E-state index in [4.69, 9.17) is 28.0 Å². The van der Waals surface area contributed by atoms with Gasteiger partial charge >= 0.3 is 5.97 Å². The summed E-state index contributed by atoms with van der Waals surface area (Å²) < 4.78 is 0. The molecular weight excluding hydrogens is 375 g/mol. The third kappa shape index (κ3) is 4.68. The molecule has 0 aliphatic rings. The number of nitrogens with one attached hydrogen (secondary N) is 1. The van der Waals surface area contributed by atoms with Crippen molar-refractivity contribution < 1.29 is 14.4 Å². The van der Waals surface area contributed by atoms with Crippen molar-refractivity contribution in [3.63, 3.8) is 0 Å². The van der Waals surface area contributed by atoms with Gasteiger partial charge in [0, 0.05) is 24.3 Å². The summed E-state index contributed by atoms with van der Waals surface area (Å²) >= 11 is 11.7. The Hall–Kier alpha value is -2.24. The van der Waals surface area contributed by atoms with Crippen LogP contribution in [0.15, 0.2) is 36.4 Å². The number of aryl methyl sites for hydroxylation is 1. The van der Waals surface area contributed by atoms with Crippen molar-refractivity contribution in [2.45, 2.75) is 20.8 Å². The Bertz CT molecular complexity index is 820. The van der Waals surface area contributed by atoms with Crippen LogP contribution in [0.5, 0.6) is 0 Å². The molecule has 0 saturated carbocycles. The lowest BCUT2D eigenvalue weighted by atomic mass is 10.1. The summed E-state index contributed by atoms with van der Waals surface area (Å²) in [6.45, 7) is 7.73. The van der Waals surface area contributed by atoms with Gasteiger partial charge in [-0.05, 0) is 62.7 Å². The van der Waals surface area contributed by atoms with Crippen LogP contribution in [0.1, 0.15) is 40.1 Å². The molecule has 0 spiro atoms. The fraction of sp³-hybridized carbons (Fsp3) is 0.263. The molecule has 5 nitrogen and oxygen atoms in total. The SMILES string of the molecule is CCN(CC)c1ccc(C(=O)NOC(=O)c2ccc(Cl)c(Cl)c2)c(C)c1. The summed E-state index contributed by atoms with van der Waals surface area (Å²) in [4.78, 5) is 31.3. The smallest absolute Gasteiger partial charge is 0.363 e. The van der Waals surface area contributed by atoms with E-state index in [0.29, 0.717) is 10.6 Å². The normalized spacial score (nSPS) is 10.3.